The topological polar surface area (TPSA) is 187 Å². The van der Waals surface area contributed by atoms with Gasteiger partial charge in [0.1, 0.15) is 23.9 Å². The number of amides is 3. The van der Waals surface area contributed by atoms with E-state index in [-0.39, 0.29) is 24.5 Å². The van der Waals surface area contributed by atoms with E-state index in [2.05, 4.69) is 20.9 Å². The number of nitrogens with two attached hydrogens (primary N) is 1. The van der Waals surface area contributed by atoms with E-state index >= 15 is 0 Å². The van der Waals surface area contributed by atoms with Crippen LogP contribution in [0, 0.1) is 5.92 Å². The first kappa shape index (κ1) is 32.5. The summed E-state index contributed by atoms with van der Waals surface area (Å²) in [6.07, 6.45) is 4.09. The van der Waals surface area contributed by atoms with E-state index in [1.807, 2.05) is 30.5 Å². The molecule has 42 heavy (non-hydrogen) atoms. The van der Waals surface area contributed by atoms with Crippen LogP contribution in [0.4, 0.5) is 0 Å². The van der Waals surface area contributed by atoms with Crippen LogP contribution < -0.4 is 21.7 Å². The number of aromatic hydroxyl groups is 1. The van der Waals surface area contributed by atoms with Crippen LogP contribution in [0.25, 0.3) is 10.9 Å². The van der Waals surface area contributed by atoms with Crippen molar-refractivity contribution in [2.75, 3.05) is 12.0 Å². The predicted octanol–water partition coefficient (Wildman–Crippen LogP) is 1.93. The lowest BCUT2D eigenvalue weighted by atomic mass is 9.99. The maximum absolute atomic E-state index is 13.5. The minimum atomic E-state index is -1.27. The Bertz CT molecular complexity index is 1380. The fraction of sp³-hybridized carbons (Fsp3) is 0.400. The Morgan fingerprint density at radius 2 is 1.57 bits per heavy atom. The number of aliphatic carboxylic acids is 1. The van der Waals surface area contributed by atoms with E-state index in [1.165, 1.54) is 12.1 Å². The van der Waals surface area contributed by atoms with Gasteiger partial charge in [0.25, 0.3) is 0 Å². The number of fused-ring (bicyclic) bond motifs is 1. The Hall–Kier alpha value is -4.03. The number of phenols is 1. The van der Waals surface area contributed by atoms with Gasteiger partial charge in [-0.2, -0.15) is 11.8 Å². The highest BCUT2D eigenvalue weighted by atomic mass is 32.2. The van der Waals surface area contributed by atoms with Crippen molar-refractivity contribution in [2.24, 2.45) is 11.7 Å². The minimum absolute atomic E-state index is 0.0171. The first-order chi connectivity index (χ1) is 20.0. The number of carbonyl (C=O) groups is 4. The Morgan fingerprint density at radius 1 is 0.905 bits per heavy atom. The molecule has 3 amide bonds. The average Bonchev–Trinajstić information content (AvgIpc) is 3.37. The molecule has 3 aromatic rings. The van der Waals surface area contributed by atoms with Crippen LogP contribution in [0.3, 0.4) is 0 Å². The van der Waals surface area contributed by atoms with E-state index in [0.29, 0.717) is 17.7 Å². The molecule has 1 heterocycles. The summed E-state index contributed by atoms with van der Waals surface area (Å²) in [5.74, 6) is -2.60. The number of carboxylic acids is 1. The van der Waals surface area contributed by atoms with Gasteiger partial charge in [-0.15, -0.1) is 0 Å². The first-order valence-electron chi connectivity index (χ1n) is 13.7. The molecule has 0 aliphatic carbocycles. The van der Waals surface area contributed by atoms with Crippen LogP contribution in [0.5, 0.6) is 5.75 Å². The number of thioether (sulfide) groups is 1. The number of aromatic amines is 1. The van der Waals surface area contributed by atoms with Crippen LogP contribution in [0.2, 0.25) is 0 Å². The van der Waals surface area contributed by atoms with Crippen LogP contribution in [-0.2, 0) is 32.0 Å². The van der Waals surface area contributed by atoms with Crippen LogP contribution >= 0.6 is 11.8 Å². The number of benzene rings is 2. The fourth-order valence-corrected chi connectivity index (χ4v) is 4.99. The zero-order valence-electron chi connectivity index (χ0n) is 23.9. The van der Waals surface area contributed by atoms with Crippen LogP contribution in [-0.4, -0.2) is 75.1 Å². The number of rotatable bonds is 15. The Balaban J connectivity index is 1.80. The number of H-pyrrole nitrogens is 1. The molecule has 0 radical (unpaired) electrons. The van der Waals surface area contributed by atoms with Crippen molar-refractivity contribution in [3.63, 3.8) is 0 Å². The third-order valence-corrected chi connectivity index (χ3v) is 7.58. The molecule has 4 atom stereocenters. The molecular weight excluding hydrogens is 558 g/mol. The summed E-state index contributed by atoms with van der Waals surface area (Å²) in [6.45, 7) is 3.52. The first-order valence-corrected chi connectivity index (χ1v) is 15.1. The average molecular weight is 598 g/mol. The van der Waals surface area contributed by atoms with Gasteiger partial charge in [-0.3, -0.25) is 14.4 Å². The van der Waals surface area contributed by atoms with Gasteiger partial charge >= 0.3 is 5.97 Å². The summed E-state index contributed by atoms with van der Waals surface area (Å²) in [7, 11) is 0. The molecule has 0 aliphatic rings. The molecule has 11 nitrogen and oxygen atoms in total. The van der Waals surface area contributed by atoms with Gasteiger partial charge in [0, 0.05) is 29.9 Å². The Morgan fingerprint density at radius 3 is 2.21 bits per heavy atom. The molecule has 0 saturated heterocycles. The van der Waals surface area contributed by atoms with Crippen molar-refractivity contribution in [3.05, 3.63) is 65.9 Å². The molecule has 0 saturated carbocycles. The van der Waals surface area contributed by atoms with Crippen molar-refractivity contribution < 1.29 is 29.4 Å². The van der Waals surface area contributed by atoms with Crippen molar-refractivity contribution in [1.29, 1.82) is 0 Å². The lowest BCUT2D eigenvalue weighted by Crippen LogP contribution is -2.59. The Labute approximate surface area is 249 Å². The molecule has 0 bridgehead atoms. The number of nitrogens with one attached hydrogen (secondary N) is 4. The monoisotopic (exact) mass is 597 g/mol. The van der Waals surface area contributed by atoms with E-state index in [4.69, 9.17) is 5.73 Å². The second kappa shape index (κ2) is 15.3. The molecule has 4 unspecified atom stereocenters. The zero-order valence-corrected chi connectivity index (χ0v) is 24.7. The molecule has 1 aromatic heterocycles. The Kier molecular flexibility index (Phi) is 11.8. The second-order valence-electron chi connectivity index (χ2n) is 10.5. The summed E-state index contributed by atoms with van der Waals surface area (Å²) in [5.41, 5.74) is 8.18. The van der Waals surface area contributed by atoms with Gasteiger partial charge in [-0.25, -0.2) is 4.79 Å². The van der Waals surface area contributed by atoms with Gasteiger partial charge in [0.2, 0.25) is 17.7 Å². The molecule has 8 N–H and O–H groups in total. The smallest absolute Gasteiger partial charge is 0.326 e. The number of carbonyl (C=O) groups excluding carboxylic acids is 3. The van der Waals surface area contributed by atoms with E-state index in [9.17, 15) is 29.4 Å². The van der Waals surface area contributed by atoms with Crippen molar-refractivity contribution in [1.82, 2.24) is 20.9 Å². The number of para-hydroxylation sites is 1. The number of aromatic nitrogens is 1. The van der Waals surface area contributed by atoms with Gasteiger partial charge in [0.15, 0.2) is 0 Å². The number of carboxylic acid groups (broad SMARTS) is 1. The minimum Gasteiger partial charge on any atom is -0.508 e. The summed E-state index contributed by atoms with van der Waals surface area (Å²) in [4.78, 5) is 54.9. The molecule has 0 fully saturated rings. The quantitative estimate of drug-likeness (QED) is 0.138. The van der Waals surface area contributed by atoms with Gasteiger partial charge in [0.05, 0.1) is 6.04 Å². The summed E-state index contributed by atoms with van der Waals surface area (Å²) >= 11 is 1.56. The summed E-state index contributed by atoms with van der Waals surface area (Å²) in [5, 5.41) is 28.5. The lowest BCUT2D eigenvalue weighted by molar-refractivity contribution is -0.142. The van der Waals surface area contributed by atoms with E-state index in [1.54, 1.807) is 43.9 Å². The molecule has 0 aliphatic heterocycles. The highest BCUT2D eigenvalue weighted by Crippen LogP contribution is 2.19. The molecule has 3 rings (SSSR count). The van der Waals surface area contributed by atoms with Crippen LogP contribution in [0.1, 0.15) is 31.4 Å². The third-order valence-electron chi connectivity index (χ3n) is 6.94. The largest absolute Gasteiger partial charge is 0.508 e. The van der Waals surface area contributed by atoms with Crippen LogP contribution in [0.15, 0.2) is 54.7 Å². The van der Waals surface area contributed by atoms with Crippen molar-refractivity contribution >= 4 is 46.4 Å². The second-order valence-corrected chi connectivity index (χ2v) is 11.5. The van der Waals surface area contributed by atoms with Crippen molar-refractivity contribution in [2.45, 2.75) is 57.3 Å². The number of hydrogen-bond donors (Lipinski definition) is 7. The van der Waals surface area contributed by atoms with Gasteiger partial charge < -0.3 is 36.9 Å². The highest BCUT2D eigenvalue weighted by Gasteiger charge is 2.32. The highest BCUT2D eigenvalue weighted by molar-refractivity contribution is 7.98. The fourth-order valence-electron chi connectivity index (χ4n) is 4.50. The number of phenolic OH excluding ortho intramolecular Hbond substituents is 1. The molecule has 0 spiro atoms. The van der Waals surface area contributed by atoms with Gasteiger partial charge in [-0.05, 0) is 53.7 Å². The number of hydrogen-bond acceptors (Lipinski definition) is 7. The maximum atomic E-state index is 13.5. The molecule has 226 valence electrons. The SMILES string of the molecule is CSCCC(N)C(=O)NC(C(=O)NC(Cc1ccc(O)cc1)C(=O)NC(Cc1c[nH]c2ccccc12)C(=O)O)C(C)C. The molecular formula is C30H39N5O6S. The summed E-state index contributed by atoms with van der Waals surface area (Å²) < 4.78 is 0. The standard InChI is InChI=1S/C30H39N5O6S/c1-17(2)26(35-27(37)22(31)12-13-42-3)29(39)33-24(14-18-8-10-20(36)11-9-18)28(38)34-25(30(40)41)15-19-16-32-23-7-5-4-6-21(19)23/h4-11,16-17,22,24-26,32,36H,12-15,31H2,1-3H3,(H,33,39)(H,34,38)(H,35,37)(H,40,41). The lowest BCUT2D eigenvalue weighted by Gasteiger charge is -2.27. The molecule has 2 aromatic carbocycles. The van der Waals surface area contributed by atoms with Gasteiger partial charge in [-0.1, -0.05) is 44.2 Å². The molecule has 12 heteroatoms. The third kappa shape index (κ3) is 8.98. The summed E-state index contributed by atoms with van der Waals surface area (Å²) in [6, 6.07) is 9.35. The normalized spacial score (nSPS) is 14.1. The zero-order chi connectivity index (χ0) is 30.8. The maximum Gasteiger partial charge on any atom is 0.326 e. The van der Waals surface area contributed by atoms with E-state index in [0.717, 1.165) is 16.5 Å². The predicted molar refractivity (Wildman–Crippen MR) is 163 cm³/mol. The van der Waals surface area contributed by atoms with Crippen molar-refractivity contribution in [3.8, 4) is 5.75 Å². The van der Waals surface area contributed by atoms with E-state index < -0.39 is 47.9 Å².